The zero-order valence-corrected chi connectivity index (χ0v) is 9.77. The number of rotatable bonds is 2. The molecule has 3 nitrogen and oxygen atoms in total. The molecule has 2 N–H and O–H groups in total. The van der Waals surface area contributed by atoms with Gasteiger partial charge in [-0.15, -0.1) is 0 Å². The van der Waals surface area contributed by atoms with E-state index in [2.05, 4.69) is 5.32 Å². The summed E-state index contributed by atoms with van der Waals surface area (Å²) in [5.41, 5.74) is 2.19. The zero-order valence-electron chi connectivity index (χ0n) is 9.77. The van der Waals surface area contributed by atoms with E-state index in [1.54, 1.807) is 30.3 Å². The van der Waals surface area contributed by atoms with Gasteiger partial charge >= 0.3 is 6.09 Å². The van der Waals surface area contributed by atoms with E-state index in [0.717, 1.165) is 5.56 Å². The van der Waals surface area contributed by atoms with Crippen LogP contribution in [0.3, 0.4) is 0 Å². The van der Waals surface area contributed by atoms with Crippen molar-refractivity contribution in [2.75, 3.05) is 5.32 Å². The number of halogens is 1. The molecule has 0 aliphatic carbocycles. The molecule has 0 radical (unpaired) electrons. The Morgan fingerprint density at radius 2 is 1.89 bits per heavy atom. The predicted molar refractivity (Wildman–Crippen MR) is 68.2 cm³/mol. The van der Waals surface area contributed by atoms with E-state index >= 15 is 0 Å². The van der Waals surface area contributed by atoms with Crippen LogP contribution >= 0.6 is 0 Å². The van der Waals surface area contributed by atoms with Gasteiger partial charge in [-0.05, 0) is 24.6 Å². The standard InChI is InChI=1S/C14H12FNO2/c1-9-6-7-11(13(8-9)16-14(17)18)10-4-2-3-5-12(10)15/h2-8,16H,1H3,(H,17,18). The van der Waals surface area contributed by atoms with Gasteiger partial charge in [-0.25, -0.2) is 9.18 Å². The summed E-state index contributed by atoms with van der Waals surface area (Å²) < 4.78 is 13.7. The van der Waals surface area contributed by atoms with Crippen molar-refractivity contribution in [3.05, 3.63) is 53.8 Å². The van der Waals surface area contributed by atoms with Crippen molar-refractivity contribution in [3.63, 3.8) is 0 Å². The van der Waals surface area contributed by atoms with E-state index in [9.17, 15) is 9.18 Å². The van der Waals surface area contributed by atoms with E-state index in [1.165, 1.54) is 6.07 Å². The highest BCUT2D eigenvalue weighted by Crippen LogP contribution is 2.30. The van der Waals surface area contributed by atoms with Crippen LogP contribution in [0.4, 0.5) is 14.9 Å². The number of aryl methyl sites for hydroxylation is 1. The normalized spacial score (nSPS) is 10.1. The van der Waals surface area contributed by atoms with Gasteiger partial charge in [0.25, 0.3) is 0 Å². The number of amides is 1. The van der Waals surface area contributed by atoms with Gasteiger partial charge in [0.1, 0.15) is 5.82 Å². The monoisotopic (exact) mass is 245 g/mol. The van der Waals surface area contributed by atoms with Gasteiger partial charge in [0.15, 0.2) is 0 Å². The Hall–Kier alpha value is -2.36. The fourth-order valence-electron chi connectivity index (χ4n) is 1.79. The Labute approximate surface area is 104 Å². The van der Waals surface area contributed by atoms with Crippen LogP contribution in [0.5, 0.6) is 0 Å². The second kappa shape index (κ2) is 4.87. The van der Waals surface area contributed by atoms with Gasteiger partial charge < -0.3 is 5.11 Å². The number of hydrogen-bond acceptors (Lipinski definition) is 1. The fourth-order valence-corrected chi connectivity index (χ4v) is 1.79. The summed E-state index contributed by atoms with van der Waals surface area (Å²) in [5, 5.41) is 11.1. The first-order chi connectivity index (χ1) is 8.58. The molecule has 0 saturated heterocycles. The van der Waals surface area contributed by atoms with E-state index in [1.807, 2.05) is 13.0 Å². The molecule has 2 rings (SSSR count). The number of benzene rings is 2. The summed E-state index contributed by atoms with van der Waals surface area (Å²) in [6, 6.07) is 11.5. The van der Waals surface area contributed by atoms with Crippen molar-refractivity contribution >= 4 is 11.8 Å². The maximum atomic E-state index is 13.7. The van der Waals surface area contributed by atoms with E-state index in [-0.39, 0.29) is 5.82 Å². The van der Waals surface area contributed by atoms with Crippen molar-refractivity contribution < 1.29 is 14.3 Å². The first-order valence-corrected chi connectivity index (χ1v) is 5.43. The molecule has 0 spiro atoms. The van der Waals surface area contributed by atoms with Crippen LogP contribution < -0.4 is 5.32 Å². The van der Waals surface area contributed by atoms with Gasteiger partial charge in [0.05, 0.1) is 5.69 Å². The average Bonchev–Trinajstić information content (AvgIpc) is 2.30. The number of carbonyl (C=O) groups is 1. The molecule has 0 aliphatic heterocycles. The van der Waals surface area contributed by atoms with Gasteiger partial charge in [0.2, 0.25) is 0 Å². The third-order valence-corrected chi connectivity index (χ3v) is 2.58. The molecule has 0 fully saturated rings. The lowest BCUT2D eigenvalue weighted by atomic mass is 10.0. The SMILES string of the molecule is Cc1ccc(-c2ccccc2F)c(NC(=O)O)c1. The largest absolute Gasteiger partial charge is 0.465 e. The maximum absolute atomic E-state index is 13.7. The molecule has 4 heteroatoms. The first kappa shape index (κ1) is 12.1. The Morgan fingerprint density at radius 3 is 2.56 bits per heavy atom. The molecule has 18 heavy (non-hydrogen) atoms. The molecule has 0 saturated carbocycles. The highest BCUT2D eigenvalue weighted by atomic mass is 19.1. The fraction of sp³-hybridized carbons (Fsp3) is 0.0714. The van der Waals surface area contributed by atoms with Crippen molar-refractivity contribution in [1.29, 1.82) is 0 Å². The summed E-state index contributed by atoms with van der Waals surface area (Å²) in [6.07, 6.45) is -1.17. The van der Waals surface area contributed by atoms with E-state index in [4.69, 9.17) is 5.11 Å². The predicted octanol–water partition coefficient (Wildman–Crippen LogP) is 3.89. The van der Waals surface area contributed by atoms with Gasteiger partial charge in [-0.2, -0.15) is 0 Å². The third-order valence-electron chi connectivity index (χ3n) is 2.58. The highest BCUT2D eigenvalue weighted by molar-refractivity contribution is 5.90. The summed E-state index contributed by atoms with van der Waals surface area (Å²) in [7, 11) is 0. The van der Waals surface area contributed by atoms with Crippen LogP contribution in [0, 0.1) is 12.7 Å². The first-order valence-electron chi connectivity index (χ1n) is 5.43. The smallest absolute Gasteiger partial charge is 0.409 e. The Balaban J connectivity index is 2.57. The molecule has 0 bridgehead atoms. The lowest BCUT2D eigenvalue weighted by molar-refractivity contribution is 0.210. The molecule has 0 aromatic heterocycles. The van der Waals surface area contributed by atoms with Crippen molar-refractivity contribution in [2.24, 2.45) is 0 Å². The van der Waals surface area contributed by atoms with Gasteiger partial charge in [0, 0.05) is 11.1 Å². The quantitative estimate of drug-likeness (QED) is 0.843. The highest BCUT2D eigenvalue weighted by Gasteiger charge is 2.11. The Kier molecular flexibility index (Phi) is 3.28. The summed E-state index contributed by atoms with van der Waals surface area (Å²) >= 11 is 0. The molecular formula is C14H12FNO2. The molecular weight excluding hydrogens is 233 g/mol. The molecule has 92 valence electrons. The maximum Gasteiger partial charge on any atom is 0.409 e. The minimum Gasteiger partial charge on any atom is -0.465 e. The third kappa shape index (κ3) is 2.48. The number of hydrogen-bond donors (Lipinski definition) is 2. The second-order valence-corrected chi connectivity index (χ2v) is 3.96. The van der Waals surface area contributed by atoms with Gasteiger partial charge in [-0.1, -0.05) is 30.3 Å². The molecule has 0 heterocycles. The molecule has 2 aromatic carbocycles. The van der Waals surface area contributed by atoms with Crippen molar-refractivity contribution in [1.82, 2.24) is 0 Å². The van der Waals surface area contributed by atoms with Crippen LogP contribution in [0.1, 0.15) is 5.56 Å². The van der Waals surface area contributed by atoms with E-state index < -0.39 is 6.09 Å². The van der Waals surface area contributed by atoms with Gasteiger partial charge in [-0.3, -0.25) is 5.32 Å². The topological polar surface area (TPSA) is 49.3 Å². The summed E-state index contributed by atoms with van der Waals surface area (Å²) in [6.45, 7) is 1.85. The molecule has 0 aliphatic rings. The summed E-state index contributed by atoms with van der Waals surface area (Å²) in [4.78, 5) is 10.7. The Morgan fingerprint density at radius 1 is 1.17 bits per heavy atom. The number of carboxylic acid groups (broad SMARTS) is 1. The van der Waals surface area contributed by atoms with Crippen molar-refractivity contribution in [2.45, 2.75) is 6.92 Å². The van der Waals surface area contributed by atoms with Crippen LogP contribution in [0.25, 0.3) is 11.1 Å². The lowest BCUT2D eigenvalue weighted by Crippen LogP contribution is -2.08. The molecule has 0 atom stereocenters. The average molecular weight is 245 g/mol. The molecule has 0 unspecified atom stereocenters. The molecule has 2 aromatic rings. The second-order valence-electron chi connectivity index (χ2n) is 3.96. The zero-order chi connectivity index (χ0) is 13.1. The van der Waals surface area contributed by atoms with Crippen LogP contribution in [-0.2, 0) is 0 Å². The number of nitrogens with one attached hydrogen (secondary N) is 1. The van der Waals surface area contributed by atoms with Crippen LogP contribution in [-0.4, -0.2) is 11.2 Å². The van der Waals surface area contributed by atoms with Crippen LogP contribution in [0.2, 0.25) is 0 Å². The number of anilines is 1. The minimum absolute atomic E-state index is 0.376. The van der Waals surface area contributed by atoms with E-state index in [0.29, 0.717) is 16.8 Å². The minimum atomic E-state index is -1.17. The Bertz CT molecular complexity index is 596. The lowest BCUT2D eigenvalue weighted by Gasteiger charge is -2.11. The van der Waals surface area contributed by atoms with Crippen molar-refractivity contribution in [3.8, 4) is 11.1 Å². The summed E-state index contributed by atoms with van der Waals surface area (Å²) in [5.74, 6) is -0.380. The molecule has 1 amide bonds. The van der Waals surface area contributed by atoms with Crippen LogP contribution in [0.15, 0.2) is 42.5 Å².